The third-order valence-electron chi connectivity index (χ3n) is 13.8. The number of carbonyl (C=O) groups is 2. The van der Waals surface area contributed by atoms with Gasteiger partial charge in [-0.15, -0.1) is 0 Å². The number of hydrogen-bond acceptors (Lipinski definition) is 8. The van der Waals surface area contributed by atoms with E-state index in [2.05, 4.69) is 135 Å². The number of unbranched alkanes of at least 4 members (excludes halogenated alkanes) is 28. The first kappa shape index (κ1) is 77.4. The van der Waals surface area contributed by atoms with E-state index < -0.39 is 26.5 Å². The Morgan fingerprint density at radius 3 is 0.951 bits per heavy atom. The molecular formula is C71H122NO8P. The Morgan fingerprint density at radius 2 is 0.642 bits per heavy atom. The zero-order valence-electron chi connectivity index (χ0n) is 52.0. The first-order valence-corrected chi connectivity index (χ1v) is 34.5. The van der Waals surface area contributed by atoms with Gasteiger partial charge in [0.25, 0.3) is 0 Å². The van der Waals surface area contributed by atoms with Gasteiger partial charge in [-0.05, 0) is 103 Å². The van der Waals surface area contributed by atoms with Crippen LogP contribution >= 0.6 is 7.82 Å². The predicted molar refractivity (Wildman–Crippen MR) is 348 cm³/mol. The molecule has 0 aromatic heterocycles. The van der Waals surface area contributed by atoms with Crippen LogP contribution in [0, 0.1) is 0 Å². The maximum Gasteiger partial charge on any atom is 0.472 e. The highest BCUT2D eigenvalue weighted by molar-refractivity contribution is 7.47. The Labute approximate surface area is 498 Å². The van der Waals surface area contributed by atoms with Crippen molar-refractivity contribution in [1.29, 1.82) is 0 Å². The van der Waals surface area contributed by atoms with Gasteiger partial charge in [-0.3, -0.25) is 18.6 Å². The number of hydrogen-bond donors (Lipinski definition) is 2. The number of esters is 2. The fourth-order valence-electron chi connectivity index (χ4n) is 9.04. The lowest BCUT2D eigenvalue weighted by Crippen LogP contribution is -2.29. The minimum atomic E-state index is -4.40. The van der Waals surface area contributed by atoms with Crippen LogP contribution in [0.1, 0.15) is 284 Å². The van der Waals surface area contributed by atoms with E-state index >= 15 is 0 Å². The summed E-state index contributed by atoms with van der Waals surface area (Å²) in [6.45, 7) is 3.53. The van der Waals surface area contributed by atoms with Crippen LogP contribution in [0.25, 0.3) is 0 Å². The second-order valence-electron chi connectivity index (χ2n) is 21.6. The summed E-state index contributed by atoms with van der Waals surface area (Å²) in [6, 6.07) is 0. The van der Waals surface area contributed by atoms with Crippen LogP contribution in [-0.2, 0) is 32.7 Å². The highest BCUT2D eigenvalue weighted by Gasteiger charge is 2.26. The van der Waals surface area contributed by atoms with E-state index in [-0.39, 0.29) is 38.6 Å². The first-order chi connectivity index (χ1) is 39.8. The van der Waals surface area contributed by atoms with Gasteiger partial charge < -0.3 is 20.1 Å². The first-order valence-electron chi connectivity index (χ1n) is 33.0. The fourth-order valence-corrected chi connectivity index (χ4v) is 9.81. The van der Waals surface area contributed by atoms with E-state index in [0.717, 1.165) is 109 Å². The van der Waals surface area contributed by atoms with Gasteiger partial charge >= 0.3 is 19.8 Å². The average molecular weight is 1150 g/mol. The minimum Gasteiger partial charge on any atom is -0.462 e. The molecule has 9 nitrogen and oxygen atoms in total. The molecule has 0 saturated heterocycles. The van der Waals surface area contributed by atoms with Crippen LogP contribution in [0.15, 0.2) is 122 Å². The topological polar surface area (TPSA) is 134 Å². The summed E-state index contributed by atoms with van der Waals surface area (Å²) < 4.78 is 33.1. The Morgan fingerprint density at radius 1 is 0.370 bits per heavy atom. The number of phosphoric ester groups is 1. The van der Waals surface area contributed by atoms with Crippen molar-refractivity contribution in [3.8, 4) is 0 Å². The van der Waals surface area contributed by atoms with Crippen molar-refractivity contribution in [2.45, 2.75) is 290 Å². The molecule has 0 radical (unpaired) electrons. The van der Waals surface area contributed by atoms with Crippen molar-refractivity contribution in [3.05, 3.63) is 122 Å². The Bertz CT molecular complexity index is 1740. The van der Waals surface area contributed by atoms with E-state index in [1.165, 1.54) is 141 Å². The van der Waals surface area contributed by atoms with E-state index in [9.17, 15) is 19.0 Å². The average Bonchev–Trinajstić information content (AvgIpc) is 3.46. The molecular weight excluding hydrogens is 1030 g/mol. The van der Waals surface area contributed by atoms with Crippen LogP contribution in [0.3, 0.4) is 0 Å². The van der Waals surface area contributed by atoms with Crippen molar-refractivity contribution < 1.29 is 37.6 Å². The quantitative estimate of drug-likeness (QED) is 0.0264. The zero-order valence-corrected chi connectivity index (χ0v) is 52.9. The van der Waals surface area contributed by atoms with Gasteiger partial charge in [-0.1, -0.05) is 289 Å². The van der Waals surface area contributed by atoms with Gasteiger partial charge in [0.05, 0.1) is 13.2 Å². The van der Waals surface area contributed by atoms with Gasteiger partial charge in [0.15, 0.2) is 6.10 Å². The molecule has 0 aliphatic carbocycles. The zero-order chi connectivity index (χ0) is 58.7. The highest BCUT2D eigenvalue weighted by atomic mass is 31.2. The van der Waals surface area contributed by atoms with Crippen LogP contribution in [0.5, 0.6) is 0 Å². The Hall–Kier alpha value is -3.59. The summed E-state index contributed by atoms with van der Waals surface area (Å²) in [5.41, 5.74) is 5.40. The molecule has 3 N–H and O–H groups in total. The number of allylic oxidation sites excluding steroid dienone is 20. The minimum absolute atomic E-state index is 0.0475. The smallest absolute Gasteiger partial charge is 0.462 e. The number of rotatable bonds is 61. The molecule has 0 heterocycles. The number of nitrogens with two attached hydrogens (primary N) is 1. The summed E-state index contributed by atoms with van der Waals surface area (Å²) in [7, 11) is -4.40. The van der Waals surface area contributed by atoms with Crippen molar-refractivity contribution in [2.24, 2.45) is 5.73 Å². The van der Waals surface area contributed by atoms with Gasteiger partial charge in [0.2, 0.25) is 0 Å². The second-order valence-corrected chi connectivity index (χ2v) is 23.0. The molecule has 0 spiro atoms. The SMILES string of the molecule is CC/C=C\C/C=C\C/C=C\C/C=C\C/C=C\C/C=C\CCCCCCCCCCC(=O)OC(COC(=O)CCCCCCCCCCCCCCCCCCCCCC/C=C\C/C=C\C/C=C\C/C=C\CC)COP(=O)(O)OCCN. The Balaban J connectivity index is 3.92. The molecule has 0 amide bonds. The molecule has 0 saturated carbocycles. The van der Waals surface area contributed by atoms with Gasteiger partial charge in [-0.25, -0.2) is 4.57 Å². The predicted octanol–water partition coefficient (Wildman–Crippen LogP) is 21.5. The molecule has 0 aliphatic heterocycles. The normalized spacial score (nSPS) is 13.8. The molecule has 0 rings (SSSR count). The third-order valence-corrected chi connectivity index (χ3v) is 14.8. The van der Waals surface area contributed by atoms with Crippen molar-refractivity contribution >= 4 is 19.8 Å². The second kappa shape index (κ2) is 65.6. The molecule has 2 atom stereocenters. The van der Waals surface area contributed by atoms with Gasteiger partial charge in [0, 0.05) is 19.4 Å². The lowest BCUT2D eigenvalue weighted by molar-refractivity contribution is -0.161. The van der Waals surface area contributed by atoms with Crippen molar-refractivity contribution in [1.82, 2.24) is 0 Å². The lowest BCUT2D eigenvalue weighted by atomic mass is 10.0. The molecule has 0 bridgehead atoms. The van der Waals surface area contributed by atoms with Crippen molar-refractivity contribution in [3.63, 3.8) is 0 Å². The van der Waals surface area contributed by atoms with Gasteiger partial charge in [-0.2, -0.15) is 0 Å². The molecule has 81 heavy (non-hydrogen) atoms. The summed E-state index contributed by atoms with van der Waals surface area (Å²) in [4.78, 5) is 35.3. The van der Waals surface area contributed by atoms with Crippen LogP contribution in [0.2, 0.25) is 0 Å². The van der Waals surface area contributed by atoms with E-state index in [1.54, 1.807) is 0 Å². The highest BCUT2D eigenvalue weighted by Crippen LogP contribution is 2.43. The third kappa shape index (κ3) is 65.4. The molecule has 10 heteroatoms. The Kier molecular flexibility index (Phi) is 62.7. The molecule has 2 unspecified atom stereocenters. The summed E-state index contributed by atoms with van der Waals surface area (Å²) in [5, 5.41) is 0. The number of carbonyl (C=O) groups excluding carboxylic acids is 2. The summed E-state index contributed by atoms with van der Waals surface area (Å²) in [5.74, 6) is -0.834. The van der Waals surface area contributed by atoms with Crippen molar-refractivity contribution in [2.75, 3.05) is 26.4 Å². The summed E-state index contributed by atoms with van der Waals surface area (Å²) >= 11 is 0. The van der Waals surface area contributed by atoms with Crippen LogP contribution in [-0.4, -0.2) is 49.3 Å². The largest absolute Gasteiger partial charge is 0.472 e. The fraction of sp³-hybridized carbons (Fsp3) is 0.690. The van der Waals surface area contributed by atoms with E-state index in [0.29, 0.717) is 6.42 Å². The van der Waals surface area contributed by atoms with E-state index in [4.69, 9.17) is 24.3 Å². The lowest BCUT2D eigenvalue weighted by Gasteiger charge is -2.19. The van der Waals surface area contributed by atoms with Crippen LogP contribution < -0.4 is 5.73 Å². The molecule has 0 aliphatic rings. The maximum absolute atomic E-state index is 12.7. The standard InChI is InChI=1S/C71H122NO8P/c1-3-5-7-9-11-13-15-17-19-21-23-25-27-29-31-32-33-34-35-36-38-39-41-43-45-47-49-51-53-55-57-59-61-63-70(73)77-67-69(68-79-81(75,76)78-66-65-72)80-71(74)64-62-60-58-56-54-52-50-48-46-44-42-40-37-30-28-26-24-22-20-18-16-14-12-10-8-6-4-2/h5-8,11-14,17-20,23-26,30,37,42,44,69H,3-4,9-10,15-16,21-22,27-29,31-36,38-41,43,45-68,72H2,1-2H3,(H,75,76)/b7-5-,8-6-,13-11-,14-12-,19-17-,20-18-,25-23-,26-24-,37-30-,44-42-. The van der Waals surface area contributed by atoms with Gasteiger partial charge in [0.1, 0.15) is 6.61 Å². The molecule has 0 aromatic rings. The summed E-state index contributed by atoms with van der Waals surface area (Å²) in [6.07, 6.45) is 91.3. The monoisotopic (exact) mass is 1150 g/mol. The molecule has 464 valence electrons. The molecule has 0 fully saturated rings. The molecule has 0 aromatic carbocycles. The van der Waals surface area contributed by atoms with Crippen LogP contribution in [0.4, 0.5) is 0 Å². The maximum atomic E-state index is 12.7. The number of phosphoric acid groups is 1. The number of ether oxygens (including phenoxy) is 2. The van der Waals surface area contributed by atoms with E-state index in [1.807, 2.05) is 0 Å².